The molecule has 184 valence electrons. The van der Waals surface area contributed by atoms with Gasteiger partial charge >= 0.3 is 0 Å². The minimum atomic E-state index is -0.153. The molecule has 1 aromatic carbocycles. The van der Waals surface area contributed by atoms with Crippen molar-refractivity contribution in [3.63, 3.8) is 0 Å². The summed E-state index contributed by atoms with van der Waals surface area (Å²) >= 11 is 0. The summed E-state index contributed by atoms with van der Waals surface area (Å²) in [5, 5.41) is 7.93. The minimum absolute atomic E-state index is 0.0633. The van der Waals surface area contributed by atoms with Gasteiger partial charge in [0.05, 0.1) is 18.5 Å². The van der Waals surface area contributed by atoms with E-state index in [1.165, 1.54) is 0 Å². The number of carbonyl (C=O) groups is 1. The highest BCUT2D eigenvalue weighted by atomic mass is 16.5. The second kappa shape index (κ2) is 11.0. The Morgan fingerprint density at radius 3 is 2.41 bits per heavy atom. The number of amides is 1. The lowest BCUT2D eigenvalue weighted by Crippen LogP contribution is -2.35. The summed E-state index contributed by atoms with van der Waals surface area (Å²) in [6.07, 6.45) is 1.97. The van der Waals surface area contributed by atoms with E-state index in [9.17, 15) is 4.79 Å². The normalized spacial score (nSPS) is 12.8. The van der Waals surface area contributed by atoms with Crippen LogP contribution >= 0.6 is 0 Å². The molecule has 3 rings (SSSR count). The molecule has 0 aliphatic carbocycles. The number of methoxy groups -OCH3 is 1. The molecule has 1 amide bonds. The molecule has 0 spiro atoms. The molecular formula is C27H39N5O2. The molecular weight excluding hydrogens is 426 g/mol. The Morgan fingerprint density at radius 2 is 1.82 bits per heavy atom. The van der Waals surface area contributed by atoms with E-state index in [0.29, 0.717) is 11.3 Å². The van der Waals surface area contributed by atoms with Crippen LogP contribution in [-0.2, 0) is 5.41 Å². The summed E-state index contributed by atoms with van der Waals surface area (Å²) in [7, 11) is 1.64. The number of ether oxygens (including phenoxy) is 1. The maximum absolute atomic E-state index is 13.4. The third-order valence-corrected chi connectivity index (χ3v) is 6.20. The molecule has 3 aromatic rings. The lowest BCUT2D eigenvalue weighted by molar-refractivity contribution is 0.0929. The largest absolute Gasteiger partial charge is 0.497 e. The van der Waals surface area contributed by atoms with Gasteiger partial charge in [0.15, 0.2) is 5.65 Å². The molecule has 0 aliphatic rings. The van der Waals surface area contributed by atoms with E-state index in [1.54, 1.807) is 11.6 Å². The Labute approximate surface area is 203 Å². The summed E-state index contributed by atoms with van der Waals surface area (Å²) in [6.45, 7) is 15.9. The van der Waals surface area contributed by atoms with Gasteiger partial charge < -0.3 is 15.0 Å². The maximum atomic E-state index is 13.4. The van der Waals surface area contributed by atoms with Crippen LogP contribution in [0.15, 0.2) is 36.4 Å². The van der Waals surface area contributed by atoms with Crippen LogP contribution in [0, 0.1) is 0 Å². The van der Waals surface area contributed by atoms with Gasteiger partial charge in [0.25, 0.3) is 5.91 Å². The van der Waals surface area contributed by atoms with Crippen molar-refractivity contribution in [3.05, 3.63) is 47.8 Å². The molecule has 1 unspecified atom stereocenters. The van der Waals surface area contributed by atoms with Crippen molar-refractivity contribution in [1.29, 1.82) is 0 Å². The van der Waals surface area contributed by atoms with Crippen LogP contribution in [0.2, 0.25) is 0 Å². The maximum Gasteiger partial charge on any atom is 0.270 e. The van der Waals surface area contributed by atoms with Crippen molar-refractivity contribution in [2.24, 2.45) is 0 Å². The lowest BCUT2D eigenvalue weighted by Gasteiger charge is -2.20. The molecule has 0 saturated carbocycles. The summed E-state index contributed by atoms with van der Waals surface area (Å²) in [4.78, 5) is 20.6. The summed E-state index contributed by atoms with van der Waals surface area (Å²) < 4.78 is 6.95. The van der Waals surface area contributed by atoms with E-state index in [0.717, 1.165) is 55.2 Å². The number of nitrogens with zero attached hydrogens (tertiary/aromatic N) is 4. The van der Waals surface area contributed by atoms with E-state index < -0.39 is 0 Å². The zero-order chi connectivity index (χ0) is 24.9. The number of nitrogens with one attached hydrogen (secondary N) is 1. The van der Waals surface area contributed by atoms with Crippen LogP contribution in [0.1, 0.15) is 70.6 Å². The Balaban J connectivity index is 1.90. The van der Waals surface area contributed by atoms with Gasteiger partial charge in [-0.25, -0.2) is 9.50 Å². The van der Waals surface area contributed by atoms with Gasteiger partial charge in [-0.05, 0) is 69.7 Å². The molecule has 34 heavy (non-hydrogen) atoms. The van der Waals surface area contributed by atoms with Crippen molar-refractivity contribution in [2.45, 2.75) is 65.8 Å². The first-order chi connectivity index (χ1) is 16.2. The van der Waals surface area contributed by atoms with Gasteiger partial charge in [-0.15, -0.1) is 0 Å². The number of hydrogen-bond acceptors (Lipinski definition) is 5. The van der Waals surface area contributed by atoms with Crippen LogP contribution in [0.4, 0.5) is 0 Å². The molecule has 7 heteroatoms. The molecule has 0 fully saturated rings. The van der Waals surface area contributed by atoms with Crippen LogP contribution in [0.25, 0.3) is 16.9 Å². The monoisotopic (exact) mass is 465 g/mol. The van der Waals surface area contributed by atoms with Crippen molar-refractivity contribution < 1.29 is 9.53 Å². The third kappa shape index (κ3) is 6.14. The summed E-state index contributed by atoms with van der Waals surface area (Å²) in [6, 6.07) is 11.6. The predicted molar refractivity (Wildman–Crippen MR) is 138 cm³/mol. The fourth-order valence-corrected chi connectivity index (χ4v) is 3.94. The van der Waals surface area contributed by atoms with Crippen LogP contribution in [-0.4, -0.2) is 58.2 Å². The number of carbonyl (C=O) groups excluding carboxylic acids is 1. The molecule has 7 nitrogen and oxygen atoms in total. The fraction of sp³-hybridized carbons (Fsp3) is 0.519. The van der Waals surface area contributed by atoms with Crippen molar-refractivity contribution in [3.8, 4) is 17.0 Å². The first-order valence-electron chi connectivity index (χ1n) is 12.2. The molecule has 0 aliphatic heterocycles. The Morgan fingerprint density at radius 1 is 1.15 bits per heavy atom. The van der Waals surface area contributed by atoms with E-state index in [-0.39, 0.29) is 17.4 Å². The number of benzene rings is 1. The zero-order valence-electron chi connectivity index (χ0n) is 21.7. The van der Waals surface area contributed by atoms with Crippen LogP contribution < -0.4 is 10.1 Å². The Bertz CT molecular complexity index is 1090. The zero-order valence-corrected chi connectivity index (χ0v) is 21.7. The first-order valence-corrected chi connectivity index (χ1v) is 12.2. The second-order valence-corrected chi connectivity index (χ2v) is 9.85. The second-order valence-electron chi connectivity index (χ2n) is 9.85. The highest BCUT2D eigenvalue weighted by molar-refractivity contribution is 5.94. The summed E-state index contributed by atoms with van der Waals surface area (Å²) in [5.74, 6) is 0.641. The first kappa shape index (κ1) is 25.7. The van der Waals surface area contributed by atoms with Gasteiger partial charge in [0, 0.05) is 23.1 Å². The summed E-state index contributed by atoms with van der Waals surface area (Å²) in [5.41, 5.74) is 3.55. The smallest absolute Gasteiger partial charge is 0.270 e. The Kier molecular flexibility index (Phi) is 8.31. The quantitative estimate of drug-likeness (QED) is 0.459. The van der Waals surface area contributed by atoms with Crippen molar-refractivity contribution in [2.75, 3.05) is 26.7 Å². The van der Waals surface area contributed by atoms with Gasteiger partial charge in [0.2, 0.25) is 0 Å². The van der Waals surface area contributed by atoms with E-state index in [4.69, 9.17) is 14.8 Å². The highest BCUT2D eigenvalue weighted by Gasteiger charge is 2.22. The van der Waals surface area contributed by atoms with Gasteiger partial charge in [-0.2, -0.15) is 5.10 Å². The fourth-order valence-electron chi connectivity index (χ4n) is 3.94. The number of rotatable bonds is 10. The van der Waals surface area contributed by atoms with Crippen LogP contribution in [0.3, 0.4) is 0 Å². The predicted octanol–water partition coefficient (Wildman–Crippen LogP) is 4.94. The molecule has 0 bridgehead atoms. The average Bonchev–Trinajstić information content (AvgIpc) is 3.26. The lowest BCUT2D eigenvalue weighted by atomic mass is 9.93. The van der Waals surface area contributed by atoms with Gasteiger partial charge in [-0.1, -0.05) is 34.6 Å². The van der Waals surface area contributed by atoms with Gasteiger partial charge in [-0.3, -0.25) is 4.79 Å². The highest BCUT2D eigenvalue weighted by Crippen LogP contribution is 2.26. The molecule has 0 radical (unpaired) electrons. The Hall–Kier alpha value is -2.93. The SMILES string of the molecule is CCN(CC)CCCC(C)NC(=O)c1cc(-c2ccc(OC)cc2)nc2cc(C(C)(C)C)nn12. The van der Waals surface area contributed by atoms with E-state index in [1.807, 2.05) is 36.4 Å². The van der Waals surface area contributed by atoms with E-state index in [2.05, 4.69) is 51.8 Å². The number of aromatic nitrogens is 3. The van der Waals surface area contributed by atoms with Crippen molar-refractivity contribution >= 4 is 11.6 Å². The minimum Gasteiger partial charge on any atom is -0.497 e. The average molecular weight is 466 g/mol. The molecule has 1 N–H and O–H groups in total. The standard InChI is InChI=1S/C27H39N5O2/c1-8-31(9-2)16-10-11-19(3)28-26(33)23-17-22(20-12-14-21(34-7)15-13-20)29-25-18-24(27(4,5)6)30-32(23)25/h12-15,17-19H,8-11,16H2,1-7H3,(H,28,33). The van der Waals surface area contributed by atoms with E-state index >= 15 is 0 Å². The molecule has 1 atom stereocenters. The topological polar surface area (TPSA) is 71.8 Å². The number of hydrogen-bond donors (Lipinski definition) is 1. The van der Waals surface area contributed by atoms with Crippen molar-refractivity contribution in [1.82, 2.24) is 24.8 Å². The van der Waals surface area contributed by atoms with Crippen LogP contribution in [0.5, 0.6) is 5.75 Å². The third-order valence-electron chi connectivity index (χ3n) is 6.20. The molecule has 2 heterocycles. The number of fused-ring (bicyclic) bond motifs is 1. The molecule has 0 saturated heterocycles. The molecule has 2 aromatic heterocycles. The van der Waals surface area contributed by atoms with Gasteiger partial charge in [0.1, 0.15) is 11.4 Å².